The van der Waals surface area contributed by atoms with Gasteiger partial charge in [0.1, 0.15) is 0 Å². The fourth-order valence-electron chi connectivity index (χ4n) is 4.47. The Bertz CT molecular complexity index is 1100. The summed E-state index contributed by atoms with van der Waals surface area (Å²) in [6.07, 6.45) is 8.73. The molecule has 0 unspecified atom stereocenters. The van der Waals surface area contributed by atoms with Gasteiger partial charge in [-0.05, 0) is 24.5 Å². The minimum atomic E-state index is 0.118. The van der Waals surface area contributed by atoms with Crippen LogP contribution in [0.5, 0.6) is 0 Å². The van der Waals surface area contributed by atoms with Crippen LogP contribution in [0.4, 0.5) is 11.5 Å². The molecule has 8 heteroatoms. The van der Waals surface area contributed by atoms with Gasteiger partial charge in [0.05, 0.1) is 30.3 Å². The summed E-state index contributed by atoms with van der Waals surface area (Å²) < 4.78 is 3.78. The fraction of sp³-hybridized carbons (Fsp3) is 0.429. The molecule has 2 aliphatic heterocycles. The van der Waals surface area contributed by atoms with Gasteiger partial charge in [-0.15, -0.1) is 0 Å². The molecule has 0 N–H and O–H groups in total. The van der Waals surface area contributed by atoms with Crippen LogP contribution < -0.4 is 4.90 Å². The third-order valence-electron chi connectivity index (χ3n) is 6.01. The monoisotopic (exact) mass is 391 g/mol. The van der Waals surface area contributed by atoms with Crippen molar-refractivity contribution in [2.45, 2.75) is 32.7 Å². The van der Waals surface area contributed by atoms with Crippen LogP contribution in [-0.4, -0.2) is 48.4 Å². The Labute approximate surface area is 169 Å². The topological polar surface area (TPSA) is 72.1 Å². The number of anilines is 2. The van der Waals surface area contributed by atoms with Crippen LogP contribution in [0.3, 0.4) is 0 Å². The molecular weight excluding hydrogens is 366 g/mol. The number of nitrogens with zero attached hydrogens (tertiary/aromatic N) is 7. The second-order valence-corrected chi connectivity index (χ2v) is 7.92. The lowest BCUT2D eigenvalue weighted by Crippen LogP contribution is -2.35. The number of aromatic nitrogens is 5. The van der Waals surface area contributed by atoms with E-state index in [1.165, 1.54) is 11.3 Å². The number of carbonyl (C=O) groups is 1. The lowest BCUT2D eigenvalue weighted by molar-refractivity contribution is -0.129. The highest BCUT2D eigenvalue weighted by atomic mass is 16.2. The summed E-state index contributed by atoms with van der Waals surface area (Å²) in [6.45, 7) is 3.93. The molecule has 0 spiro atoms. The number of fused-ring (bicyclic) bond motifs is 2. The van der Waals surface area contributed by atoms with Crippen molar-refractivity contribution in [1.29, 1.82) is 0 Å². The maximum Gasteiger partial charge on any atom is 0.219 e. The Morgan fingerprint density at radius 3 is 2.76 bits per heavy atom. The summed E-state index contributed by atoms with van der Waals surface area (Å²) in [4.78, 5) is 20.8. The standard InChI is InChI=1S/C21H25N7O/c1-14(29)27-8-6-19-17(13-27)21(24-26(19)3)28-7-4-5-15-9-18(22-11-20(15)28)16-10-23-25(2)12-16/h9-12H,4-8,13H2,1-3H3. The van der Waals surface area contributed by atoms with Gasteiger partial charge in [-0.25, -0.2) is 0 Å². The maximum atomic E-state index is 11.9. The summed E-state index contributed by atoms with van der Waals surface area (Å²) in [5.74, 6) is 1.08. The Morgan fingerprint density at radius 2 is 2.00 bits per heavy atom. The van der Waals surface area contributed by atoms with Crippen LogP contribution in [0.2, 0.25) is 0 Å². The van der Waals surface area contributed by atoms with Gasteiger partial charge in [0.25, 0.3) is 0 Å². The Kier molecular flexibility index (Phi) is 4.15. The molecule has 3 aromatic heterocycles. The van der Waals surface area contributed by atoms with E-state index in [4.69, 9.17) is 10.1 Å². The molecule has 2 aliphatic rings. The van der Waals surface area contributed by atoms with E-state index in [0.29, 0.717) is 6.54 Å². The molecular formula is C21H25N7O. The molecule has 0 bridgehead atoms. The first kappa shape index (κ1) is 17.9. The normalized spacial score (nSPS) is 16.0. The van der Waals surface area contributed by atoms with Crippen molar-refractivity contribution in [3.8, 4) is 11.3 Å². The van der Waals surface area contributed by atoms with E-state index in [9.17, 15) is 4.79 Å². The summed E-state index contributed by atoms with van der Waals surface area (Å²) in [6, 6.07) is 2.18. The molecule has 0 saturated carbocycles. The van der Waals surface area contributed by atoms with E-state index in [1.54, 1.807) is 11.6 Å². The first-order valence-electron chi connectivity index (χ1n) is 10.1. The number of hydrogen-bond donors (Lipinski definition) is 0. The predicted octanol–water partition coefficient (Wildman–Crippen LogP) is 2.20. The van der Waals surface area contributed by atoms with E-state index in [-0.39, 0.29) is 5.91 Å². The van der Waals surface area contributed by atoms with E-state index < -0.39 is 0 Å². The molecule has 5 heterocycles. The molecule has 1 amide bonds. The molecule has 29 heavy (non-hydrogen) atoms. The molecule has 150 valence electrons. The highest BCUT2D eigenvalue weighted by molar-refractivity contribution is 5.75. The molecule has 0 aliphatic carbocycles. The second-order valence-electron chi connectivity index (χ2n) is 7.92. The van der Waals surface area contributed by atoms with Crippen LogP contribution in [0.1, 0.15) is 30.2 Å². The van der Waals surface area contributed by atoms with Gasteiger partial charge >= 0.3 is 0 Å². The molecule has 0 atom stereocenters. The average Bonchev–Trinajstić information content (AvgIpc) is 3.30. The van der Waals surface area contributed by atoms with Gasteiger partial charge in [0, 0.05) is 63.5 Å². The van der Waals surface area contributed by atoms with Crippen LogP contribution in [0.15, 0.2) is 24.7 Å². The van der Waals surface area contributed by atoms with Gasteiger partial charge in [0.2, 0.25) is 5.91 Å². The minimum Gasteiger partial charge on any atom is -0.338 e. The Balaban J connectivity index is 1.54. The SMILES string of the molecule is CC(=O)N1CCc2c(c(N3CCCc4cc(-c5cnn(C)c5)ncc43)nn2C)C1. The Morgan fingerprint density at radius 1 is 1.14 bits per heavy atom. The van der Waals surface area contributed by atoms with Crippen molar-refractivity contribution in [2.75, 3.05) is 18.0 Å². The van der Waals surface area contributed by atoms with Crippen molar-refractivity contribution in [1.82, 2.24) is 29.4 Å². The van der Waals surface area contributed by atoms with Gasteiger partial charge in [-0.3, -0.25) is 19.1 Å². The van der Waals surface area contributed by atoms with Crippen LogP contribution in [0.25, 0.3) is 11.3 Å². The number of aryl methyl sites for hydroxylation is 3. The molecule has 0 fully saturated rings. The predicted molar refractivity (Wildman–Crippen MR) is 110 cm³/mol. The lowest BCUT2D eigenvalue weighted by atomic mass is 10.00. The maximum absolute atomic E-state index is 11.9. The van der Waals surface area contributed by atoms with Gasteiger partial charge in [0.15, 0.2) is 5.82 Å². The van der Waals surface area contributed by atoms with Gasteiger partial charge < -0.3 is 9.80 Å². The van der Waals surface area contributed by atoms with Gasteiger partial charge in [-0.2, -0.15) is 10.2 Å². The summed E-state index contributed by atoms with van der Waals surface area (Å²) in [5.41, 5.74) is 6.76. The fourth-order valence-corrected chi connectivity index (χ4v) is 4.47. The van der Waals surface area contributed by atoms with Crippen LogP contribution >= 0.6 is 0 Å². The van der Waals surface area contributed by atoms with Crippen molar-refractivity contribution in [3.63, 3.8) is 0 Å². The highest BCUT2D eigenvalue weighted by Crippen LogP contribution is 2.38. The smallest absolute Gasteiger partial charge is 0.219 e. The zero-order chi connectivity index (χ0) is 20.1. The van der Waals surface area contributed by atoms with E-state index in [2.05, 4.69) is 16.1 Å². The molecule has 0 saturated heterocycles. The quantitative estimate of drug-likeness (QED) is 0.670. The third-order valence-corrected chi connectivity index (χ3v) is 6.01. The summed E-state index contributed by atoms with van der Waals surface area (Å²) in [7, 11) is 3.92. The zero-order valence-electron chi connectivity index (χ0n) is 17.1. The average molecular weight is 391 g/mol. The molecule has 5 rings (SSSR count). The second kappa shape index (κ2) is 6.72. The van der Waals surface area contributed by atoms with E-state index >= 15 is 0 Å². The molecule has 8 nitrogen and oxygen atoms in total. The first-order chi connectivity index (χ1) is 14.0. The summed E-state index contributed by atoms with van der Waals surface area (Å²) in [5, 5.41) is 9.12. The third kappa shape index (κ3) is 2.99. The molecule has 0 radical (unpaired) electrons. The number of carbonyl (C=O) groups excluding carboxylic acids is 1. The lowest BCUT2D eigenvalue weighted by Gasteiger charge is -2.32. The minimum absolute atomic E-state index is 0.118. The van der Waals surface area contributed by atoms with E-state index in [0.717, 1.165) is 60.7 Å². The van der Waals surface area contributed by atoms with Crippen LogP contribution in [0, 0.1) is 0 Å². The van der Waals surface area contributed by atoms with Crippen molar-refractivity contribution < 1.29 is 4.79 Å². The van der Waals surface area contributed by atoms with E-state index in [1.807, 2.05) is 42.3 Å². The summed E-state index contributed by atoms with van der Waals surface area (Å²) >= 11 is 0. The van der Waals surface area contributed by atoms with Crippen molar-refractivity contribution in [3.05, 3.63) is 41.5 Å². The van der Waals surface area contributed by atoms with Crippen LogP contribution in [-0.2, 0) is 38.3 Å². The largest absolute Gasteiger partial charge is 0.338 e. The molecule has 3 aromatic rings. The Hall–Kier alpha value is -3.16. The highest BCUT2D eigenvalue weighted by Gasteiger charge is 2.30. The number of rotatable bonds is 2. The van der Waals surface area contributed by atoms with Gasteiger partial charge in [-0.1, -0.05) is 0 Å². The first-order valence-corrected chi connectivity index (χ1v) is 10.1. The number of amides is 1. The van der Waals surface area contributed by atoms with Crippen molar-refractivity contribution >= 4 is 17.4 Å². The zero-order valence-corrected chi connectivity index (χ0v) is 17.1. The van der Waals surface area contributed by atoms with Crippen molar-refractivity contribution in [2.24, 2.45) is 14.1 Å². The molecule has 0 aromatic carbocycles. The number of pyridine rings is 1. The number of hydrogen-bond acceptors (Lipinski definition) is 5.